The number of hydrogen-bond acceptors (Lipinski definition) is 2. The summed E-state index contributed by atoms with van der Waals surface area (Å²) in [6.07, 6.45) is -0.704. The van der Waals surface area contributed by atoms with Gasteiger partial charge in [0.2, 0.25) is 0 Å². The van der Waals surface area contributed by atoms with Crippen LogP contribution in [0.4, 0.5) is 13.2 Å². The lowest BCUT2D eigenvalue weighted by atomic mass is 9.69. The van der Waals surface area contributed by atoms with Gasteiger partial charge in [-0.2, -0.15) is 13.2 Å². The van der Waals surface area contributed by atoms with Gasteiger partial charge in [0.25, 0.3) is 0 Å². The van der Waals surface area contributed by atoms with Gasteiger partial charge in [-0.1, -0.05) is 19.8 Å². The third-order valence-electron chi connectivity index (χ3n) is 5.12. The van der Waals surface area contributed by atoms with Crippen LogP contribution in [0.5, 0.6) is 0 Å². The van der Waals surface area contributed by atoms with Gasteiger partial charge in [0.1, 0.15) is 0 Å². The van der Waals surface area contributed by atoms with Crippen LogP contribution in [0.1, 0.15) is 45.4 Å². The van der Waals surface area contributed by atoms with Crippen LogP contribution in [0.25, 0.3) is 0 Å². The van der Waals surface area contributed by atoms with Crippen molar-refractivity contribution >= 4 is 5.97 Å². The number of halogens is 3. The van der Waals surface area contributed by atoms with Gasteiger partial charge >= 0.3 is 12.1 Å². The number of carboxylic acid groups (broad SMARTS) is 1. The van der Waals surface area contributed by atoms with Crippen molar-refractivity contribution < 1.29 is 23.1 Å². The van der Waals surface area contributed by atoms with Crippen LogP contribution in [0.3, 0.4) is 0 Å². The van der Waals surface area contributed by atoms with E-state index in [0.717, 1.165) is 12.8 Å². The molecule has 1 aliphatic heterocycles. The van der Waals surface area contributed by atoms with Crippen molar-refractivity contribution in [1.82, 2.24) is 4.90 Å². The van der Waals surface area contributed by atoms with Crippen LogP contribution in [0.2, 0.25) is 0 Å². The zero-order chi connectivity index (χ0) is 15.7. The lowest BCUT2D eigenvalue weighted by molar-refractivity contribution is -0.186. The summed E-state index contributed by atoms with van der Waals surface area (Å²) >= 11 is 0. The van der Waals surface area contributed by atoms with Crippen molar-refractivity contribution in [3.63, 3.8) is 0 Å². The second-order valence-corrected chi connectivity index (χ2v) is 6.88. The Balaban J connectivity index is 1.95. The maximum atomic E-state index is 12.7. The summed E-state index contributed by atoms with van der Waals surface area (Å²) in [6.45, 7) is 3.17. The molecule has 122 valence electrons. The van der Waals surface area contributed by atoms with Gasteiger partial charge in [0, 0.05) is 6.54 Å². The van der Waals surface area contributed by atoms with Gasteiger partial charge in [-0.3, -0.25) is 4.79 Å². The Morgan fingerprint density at radius 1 is 1.29 bits per heavy atom. The van der Waals surface area contributed by atoms with E-state index in [0.29, 0.717) is 38.4 Å². The van der Waals surface area contributed by atoms with E-state index in [1.807, 2.05) is 4.90 Å². The highest BCUT2D eigenvalue weighted by Crippen LogP contribution is 2.41. The molecule has 0 radical (unpaired) electrons. The second-order valence-electron chi connectivity index (χ2n) is 6.88. The molecule has 2 fully saturated rings. The van der Waals surface area contributed by atoms with Crippen LogP contribution in [-0.4, -0.2) is 41.8 Å². The monoisotopic (exact) mass is 307 g/mol. The summed E-state index contributed by atoms with van der Waals surface area (Å²) < 4.78 is 38.0. The Morgan fingerprint density at radius 2 is 1.90 bits per heavy atom. The summed E-state index contributed by atoms with van der Waals surface area (Å²) in [6, 6.07) is 0. The number of piperidine rings is 1. The lowest BCUT2D eigenvalue weighted by Crippen LogP contribution is -2.49. The Kier molecular flexibility index (Phi) is 4.85. The van der Waals surface area contributed by atoms with E-state index < -0.39 is 23.5 Å². The van der Waals surface area contributed by atoms with Crippen LogP contribution in [0.15, 0.2) is 0 Å². The number of aliphatic carboxylic acids is 1. The van der Waals surface area contributed by atoms with E-state index in [1.165, 1.54) is 0 Å². The summed E-state index contributed by atoms with van der Waals surface area (Å²) in [5.41, 5.74) is -0.761. The zero-order valence-corrected chi connectivity index (χ0v) is 12.5. The largest absolute Gasteiger partial charge is 0.481 e. The van der Waals surface area contributed by atoms with Crippen LogP contribution < -0.4 is 0 Å². The highest BCUT2D eigenvalue weighted by molar-refractivity contribution is 5.75. The first kappa shape index (κ1) is 16.6. The molecule has 0 aromatic carbocycles. The van der Waals surface area contributed by atoms with Crippen molar-refractivity contribution in [3.8, 4) is 0 Å². The Hall–Kier alpha value is -0.780. The van der Waals surface area contributed by atoms with Gasteiger partial charge in [-0.25, -0.2) is 0 Å². The number of alkyl halides is 3. The zero-order valence-electron chi connectivity index (χ0n) is 12.5. The van der Waals surface area contributed by atoms with Crippen LogP contribution in [-0.2, 0) is 4.79 Å². The maximum absolute atomic E-state index is 12.7. The number of hydrogen-bond donors (Lipinski definition) is 1. The van der Waals surface area contributed by atoms with E-state index in [4.69, 9.17) is 0 Å². The molecule has 1 saturated heterocycles. The van der Waals surface area contributed by atoms with E-state index in [9.17, 15) is 23.1 Å². The molecule has 0 bridgehead atoms. The van der Waals surface area contributed by atoms with Gasteiger partial charge in [0.05, 0.1) is 11.3 Å². The fourth-order valence-corrected chi connectivity index (χ4v) is 3.91. The van der Waals surface area contributed by atoms with Crippen molar-refractivity contribution in [1.29, 1.82) is 0 Å². The molecule has 0 aromatic rings. The fourth-order valence-electron chi connectivity index (χ4n) is 3.91. The molecular formula is C15H24F3NO2. The van der Waals surface area contributed by atoms with E-state index >= 15 is 0 Å². The van der Waals surface area contributed by atoms with Crippen molar-refractivity contribution in [3.05, 3.63) is 0 Å². The third kappa shape index (κ3) is 3.90. The topological polar surface area (TPSA) is 40.5 Å². The minimum absolute atomic E-state index is 0.0920. The lowest BCUT2D eigenvalue weighted by Gasteiger charge is -2.42. The first-order chi connectivity index (χ1) is 9.73. The molecule has 1 heterocycles. The molecule has 3 nitrogen and oxygen atoms in total. The van der Waals surface area contributed by atoms with Crippen molar-refractivity contribution in [2.45, 2.75) is 51.6 Å². The molecule has 2 aliphatic rings. The average Bonchev–Trinajstić information content (AvgIpc) is 2.38. The smallest absolute Gasteiger partial charge is 0.391 e. The Labute approximate surface area is 123 Å². The minimum atomic E-state index is -4.12. The predicted octanol–water partition coefficient (Wildman–Crippen LogP) is 3.54. The Morgan fingerprint density at radius 3 is 2.38 bits per heavy atom. The van der Waals surface area contributed by atoms with Gasteiger partial charge in [-0.05, 0) is 44.7 Å². The summed E-state index contributed by atoms with van der Waals surface area (Å²) in [5, 5.41) is 9.61. The summed E-state index contributed by atoms with van der Waals surface area (Å²) in [5.74, 6) is -1.63. The van der Waals surface area contributed by atoms with Gasteiger partial charge in [-0.15, -0.1) is 0 Å². The number of likely N-dealkylation sites (tertiary alicyclic amines) is 1. The molecule has 6 heteroatoms. The fraction of sp³-hybridized carbons (Fsp3) is 0.933. The minimum Gasteiger partial charge on any atom is -0.481 e. The van der Waals surface area contributed by atoms with E-state index in [1.54, 1.807) is 0 Å². The third-order valence-corrected chi connectivity index (χ3v) is 5.12. The molecule has 0 aromatic heterocycles. The standard InChI is InChI=1S/C15H24F3NO2/c1-11-3-2-6-14(9-11,13(20)21)10-19-7-4-12(5-8-19)15(16,17)18/h11-12H,2-10H2,1H3,(H,20,21). The molecule has 2 rings (SSSR count). The Bertz CT molecular complexity index is 378. The predicted molar refractivity (Wildman–Crippen MR) is 72.9 cm³/mol. The molecule has 0 spiro atoms. The van der Waals surface area contributed by atoms with E-state index in [-0.39, 0.29) is 12.8 Å². The molecule has 2 unspecified atom stereocenters. The quantitative estimate of drug-likeness (QED) is 0.867. The number of carbonyl (C=O) groups is 1. The number of nitrogens with zero attached hydrogens (tertiary/aromatic N) is 1. The first-order valence-electron chi connectivity index (χ1n) is 7.75. The molecular weight excluding hydrogens is 283 g/mol. The average molecular weight is 307 g/mol. The highest BCUT2D eigenvalue weighted by Gasteiger charge is 2.45. The van der Waals surface area contributed by atoms with Crippen molar-refractivity contribution in [2.75, 3.05) is 19.6 Å². The van der Waals surface area contributed by atoms with Crippen molar-refractivity contribution in [2.24, 2.45) is 17.3 Å². The van der Waals surface area contributed by atoms with Crippen LogP contribution in [0, 0.1) is 17.3 Å². The number of rotatable bonds is 3. The normalized spacial score (nSPS) is 33.0. The maximum Gasteiger partial charge on any atom is 0.391 e. The summed E-state index contributed by atoms with van der Waals surface area (Å²) in [4.78, 5) is 13.6. The highest BCUT2D eigenvalue weighted by atomic mass is 19.4. The first-order valence-corrected chi connectivity index (χ1v) is 7.75. The van der Waals surface area contributed by atoms with Gasteiger partial charge in [0.15, 0.2) is 0 Å². The molecule has 1 saturated carbocycles. The summed E-state index contributed by atoms with van der Waals surface area (Å²) in [7, 11) is 0. The second kappa shape index (κ2) is 6.15. The molecule has 0 amide bonds. The molecule has 2 atom stereocenters. The molecule has 21 heavy (non-hydrogen) atoms. The molecule has 1 aliphatic carbocycles. The SMILES string of the molecule is CC1CCCC(CN2CCC(C(F)(F)F)CC2)(C(=O)O)C1. The van der Waals surface area contributed by atoms with Crippen LogP contribution >= 0.6 is 0 Å². The number of carboxylic acids is 1. The van der Waals surface area contributed by atoms with Gasteiger partial charge < -0.3 is 10.0 Å². The van der Waals surface area contributed by atoms with E-state index in [2.05, 4.69) is 6.92 Å². The molecule has 1 N–H and O–H groups in total.